The van der Waals surface area contributed by atoms with Crippen LogP contribution in [-0.4, -0.2) is 37.0 Å². The maximum atomic E-state index is 12.3. The summed E-state index contributed by atoms with van der Waals surface area (Å²) in [7, 11) is 0. The summed E-state index contributed by atoms with van der Waals surface area (Å²) in [5.41, 5.74) is 0. The van der Waals surface area contributed by atoms with E-state index in [0.29, 0.717) is 19.6 Å². The summed E-state index contributed by atoms with van der Waals surface area (Å²) in [4.78, 5) is 12.3. The van der Waals surface area contributed by atoms with Crippen molar-refractivity contribution in [3.05, 3.63) is 48.6 Å². The minimum absolute atomic E-state index is 0.173. The molecule has 0 spiro atoms. The monoisotopic (exact) mass is 799 g/mol. The zero-order valence-electron chi connectivity index (χ0n) is 38.4. The fourth-order valence-corrected chi connectivity index (χ4v) is 7.44. The first-order chi connectivity index (χ1) is 28.2. The lowest BCUT2D eigenvalue weighted by Crippen LogP contribution is -2.27. The Balaban J connectivity index is 3.39. The molecular formula is C53H98O4. The van der Waals surface area contributed by atoms with Gasteiger partial charge < -0.3 is 14.6 Å². The molecule has 0 radical (unpaired) electrons. The molecule has 0 aromatic carbocycles. The molecule has 1 N–H and O–H groups in total. The van der Waals surface area contributed by atoms with E-state index in [1.165, 1.54) is 193 Å². The van der Waals surface area contributed by atoms with E-state index in [2.05, 4.69) is 62.5 Å². The van der Waals surface area contributed by atoms with Crippen molar-refractivity contribution in [3.63, 3.8) is 0 Å². The highest BCUT2D eigenvalue weighted by Crippen LogP contribution is 2.16. The second kappa shape index (κ2) is 50.5. The Morgan fingerprint density at radius 1 is 0.439 bits per heavy atom. The summed E-state index contributed by atoms with van der Waals surface area (Å²) in [5.74, 6) is -0.205. The molecule has 0 saturated heterocycles. The summed E-state index contributed by atoms with van der Waals surface area (Å²) >= 11 is 0. The third kappa shape index (κ3) is 48.6. The van der Waals surface area contributed by atoms with Gasteiger partial charge in [0.1, 0.15) is 6.10 Å². The first-order valence-electron chi connectivity index (χ1n) is 25.2. The lowest BCUT2D eigenvalue weighted by molar-refractivity contribution is -0.154. The molecule has 0 fully saturated rings. The standard InChI is InChI=1S/C53H98O4/c1-3-5-7-9-11-13-15-17-19-21-23-25-26-27-29-31-33-35-37-39-41-43-45-47-49-56-51-52(50-54)57-53(55)48-46-44-42-40-38-36-34-32-30-28-24-22-20-18-16-14-12-10-8-6-4-2/h6,8,12,14,18,20,24,28,52,54H,3-5,7,9-11,13,15-17,19,21-23,25-27,29-51H2,1-2H3/b8-6-,14-12-,20-18-,28-24-. The van der Waals surface area contributed by atoms with Gasteiger partial charge in [-0.2, -0.15) is 0 Å². The number of allylic oxidation sites excluding steroid dienone is 8. The summed E-state index contributed by atoms with van der Waals surface area (Å²) in [5, 5.41) is 9.65. The van der Waals surface area contributed by atoms with Crippen LogP contribution in [0.3, 0.4) is 0 Å². The minimum atomic E-state index is -0.538. The number of ether oxygens (including phenoxy) is 2. The van der Waals surface area contributed by atoms with Crippen molar-refractivity contribution in [2.45, 2.75) is 264 Å². The molecular weight excluding hydrogens is 701 g/mol. The van der Waals surface area contributed by atoms with E-state index < -0.39 is 6.10 Å². The van der Waals surface area contributed by atoms with Gasteiger partial charge in [0.25, 0.3) is 0 Å². The van der Waals surface area contributed by atoms with Crippen LogP contribution in [0.4, 0.5) is 0 Å². The van der Waals surface area contributed by atoms with E-state index in [1.54, 1.807) is 0 Å². The van der Waals surface area contributed by atoms with Gasteiger partial charge in [-0.1, -0.05) is 249 Å². The topological polar surface area (TPSA) is 55.8 Å². The maximum Gasteiger partial charge on any atom is 0.306 e. The van der Waals surface area contributed by atoms with Crippen LogP contribution in [0.1, 0.15) is 258 Å². The van der Waals surface area contributed by atoms with Gasteiger partial charge in [-0.15, -0.1) is 0 Å². The van der Waals surface area contributed by atoms with Crippen molar-refractivity contribution < 1.29 is 19.4 Å². The zero-order chi connectivity index (χ0) is 41.2. The Morgan fingerprint density at radius 2 is 0.789 bits per heavy atom. The molecule has 0 bridgehead atoms. The van der Waals surface area contributed by atoms with E-state index in [1.807, 2.05) is 0 Å². The SMILES string of the molecule is CC/C=C\C/C=C\C/C=C\C/C=C\CCCCCCCCCCC(=O)OC(CO)COCCCCCCCCCCCCCCCCCCCCCCCCCC. The third-order valence-corrected chi connectivity index (χ3v) is 11.2. The predicted molar refractivity (Wildman–Crippen MR) is 251 cm³/mol. The molecule has 0 rings (SSSR count). The van der Waals surface area contributed by atoms with Crippen molar-refractivity contribution in [3.8, 4) is 0 Å². The van der Waals surface area contributed by atoms with E-state index in [4.69, 9.17) is 9.47 Å². The maximum absolute atomic E-state index is 12.3. The van der Waals surface area contributed by atoms with Crippen molar-refractivity contribution in [2.24, 2.45) is 0 Å². The lowest BCUT2D eigenvalue weighted by Gasteiger charge is -2.16. The number of hydrogen-bond acceptors (Lipinski definition) is 4. The molecule has 0 amide bonds. The van der Waals surface area contributed by atoms with E-state index in [-0.39, 0.29) is 12.6 Å². The highest BCUT2D eigenvalue weighted by atomic mass is 16.6. The van der Waals surface area contributed by atoms with Crippen LogP contribution in [0.5, 0.6) is 0 Å². The fourth-order valence-electron chi connectivity index (χ4n) is 7.44. The molecule has 0 saturated carbocycles. The number of aliphatic hydroxyl groups excluding tert-OH is 1. The predicted octanol–water partition coefficient (Wildman–Crippen LogP) is 17.0. The van der Waals surface area contributed by atoms with Crippen molar-refractivity contribution >= 4 is 5.97 Å². The van der Waals surface area contributed by atoms with Crippen molar-refractivity contribution in [1.29, 1.82) is 0 Å². The number of carbonyl (C=O) groups excluding carboxylic acids is 1. The van der Waals surface area contributed by atoms with Crippen LogP contribution >= 0.6 is 0 Å². The van der Waals surface area contributed by atoms with E-state index in [0.717, 1.165) is 44.9 Å². The summed E-state index contributed by atoms with van der Waals surface area (Å²) in [6.07, 6.45) is 66.3. The number of rotatable bonds is 47. The van der Waals surface area contributed by atoms with E-state index >= 15 is 0 Å². The van der Waals surface area contributed by atoms with Gasteiger partial charge in [-0.25, -0.2) is 0 Å². The average molecular weight is 799 g/mol. The molecule has 0 aliphatic carbocycles. The molecule has 0 aliphatic rings. The Hall–Kier alpha value is -1.65. The van der Waals surface area contributed by atoms with Gasteiger partial charge in [0.15, 0.2) is 0 Å². The average Bonchev–Trinajstić information content (AvgIpc) is 3.22. The molecule has 1 unspecified atom stereocenters. The highest BCUT2D eigenvalue weighted by Gasteiger charge is 2.13. The molecule has 0 aromatic rings. The lowest BCUT2D eigenvalue weighted by atomic mass is 10.0. The second-order valence-corrected chi connectivity index (χ2v) is 16.9. The quantitative estimate of drug-likeness (QED) is 0.0378. The largest absolute Gasteiger partial charge is 0.457 e. The van der Waals surface area contributed by atoms with Crippen molar-refractivity contribution in [1.82, 2.24) is 0 Å². The number of unbranched alkanes of at least 4 members (excludes halogenated alkanes) is 31. The summed E-state index contributed by atoms with van der Waals surface area (Å²) in [6, 6.07) is 0. The summed E-state index contributed by atoms with van der Waals surface area (Å²) in [6.45, 7) is 5.26. The van der Waals surface area contributed by atoms with E-state index in [9.17, 15) is 9.90 Å². The number of carbonyl (C=O) groups is 1. The van der Waals surface area contributed by atoms with Crippen LogP contribution in [-0.2, 0) is 14.3 Å². The van der Waals surface area contributed by atoms with Gasteiger partial charge in [0.05, 0.1) is 13.2 Å². The van der Waals surface area contributed by atoms with Crippen LogP contribution in [0.15, 0.2) is 48.6 Å². The Labute approximate surface area is 356 Å². The molecule has 0 heterocycles. The van der Waals surface area contributed by atoms with Gasteiger partial charge in [0.2, 0.25) is 0 Å². The van der Waals surface area contributed by atoms with Gasteiger partial charge in [-0.3, -0.25) is 4.79 Å². The molecule has 0 aliphatic heterocycles. The smallest absolute Gasteiger partial charge is 0.306 e. The number of hydrogen-bond donors (Lipinski definition) is 1. The number of aliphatic hydroxyl groups is 1. The molecule has 57 heavy (non-hydrogen) atoms. The molecule has 1 atom stereocenters. The third-order valence-electron chi connectivity index (χ3n) is 11.2. The fraction of sp³-hybridized carbons (Fsp3) is 0.830. The molecule has 0 aromatic heterocycles. The normalized spacial score (nSPS) is 12.7. The molecule has 334 valence electrons. The van der Waals surface area contributed by atoms with Gasteiger partial charge in [-0.05, 0) is 51.4 Å². The Kier molecular flexibility index (Phi) is 49.0. The summed E-state index contributed by atoms with van der Waals surface area (Å²) < 4.78 is 11.2. The first-order valence-corrected chi connectivity index (χ1v) is 25.2. The van der Waals surface area contributed by atoms with Crippen LogP contribution in [0, 0.1) is 0 Å². The second-order valence-electron chi connectivity index (χ2n) is 16.9. The van der Waals surface area contributed by atoms with Crippen molar-refractivity contribution in [2.75, 3.05) is 19.8 Å². The minimum Gasteiger partial charge on any atom is -0.457 e. The molecule has 4 nitrogen and oxygen atoms in total. The molecule has 4 heteroatoms. The van der Waals surface area contributed by atoms with Crippen LogP contribution in [0.25, 0.3) is 0 Å². The number of esters is 1. The highest BCUT2D eigenvalue weighted by molar-refractivity contribution is 5.69. The Morgan fingerprint density at radius 3 is 1.19 bits per heavy atom. The Bertz CT molecular complexity index is 889. The first kappa shape index (κ1) is 55.4. The van der Waals surface area contributed by atoms with Crippen LogP contribution < -0.4 is 0 Å². The van der Waals surface area contributed by atoms with Gasteiger partial charge >= 0.3 is 5.97 Å². The van der Waals surface area contributed by atoms with Crippen LogP contribution in [0.2, 0.25) is 0 Å². The van der Waals surface area contributed by atoms with Gasteiger partial charge in [0, 0.05) is 13.0 Å². The zero-order valence-corrected chi connectivity index (χ0v) is 38.4.